The quantitative estimate of drug-likeness (QED) is 0.169. The third-order valence-electron chi connectivity index (χ3n) is 12.9. The summed E-state index contributed by atoms with van der Waals surface area (Å²) in [5, 5.41) is 4.79. The van der Waals surface area contributed by atoms with Gasteiger partial charge in [-0.25, -0.2) is 0 Å². The number of benzene rings is 8. The van der Waals surface area contributed by atoms with Gasteiger partial charge in [-0.1, -0.05) is 172 Å². The Kier molecular flexibility index (Phi) is 7.75. The molecular formula is C56H43NO. The molecule has 0 fully saturated rings. The first kappa shape index (κ1) is 34.4. The molecule has 0 saturated carbocycles. The van der Waals surface area contributed by atoms with Crippen molar-refractivity contribution in [2.75, 3.05) is 4.90 Å². The molecule has 2 atom stereocenters. The Morgan fingerprint density at radius 2 is 1.17 bits per heavy atom. The highest BCUT2D eigenvalue weighted by molar-refractivity contribution is 6.05. The summed E-state index contributed by atoms with van der Waals surface area (Å²) in [6.45, 7) is 7.12. The van der Waals surface area contributed by atoms with Gasteiger partial charge in [-0.3, -0.25) is 0 Å². The van der Waals surface area contributed by atoms with Gasteiger partial charge in [-0.15, -0.1) is 0 Å². The fourth-order valence-corrected chi connectivity index (χ4v) is 10.2. The summed E-state index contributed by atoms with van der Waals surface area (Å²) in [7, 11) is 0. The molecule has 0 saturated heterocycles. The predicted octanol–water partition coefficient (Wildman–Crippen LogP) is 15.2. The molecule has 2 aliphatic rings. The number of hydrogen-bond donors (Lipinski definition) is 0. The van der Waals surface area contributed by atoms with Crippen LogP contribution in [0.25, 0.3) is 66.1 Å². The molecule has 58 heavy (non-hydrogen) atoms. The number of para-hydroxylation sites is 1. The summed E-state index contributed by atoms with van der Waals surface area (Å²) < 4.78 is 6.28. The van der Waals surface area contributed by atoms with Crippen molar-refractivity contribution in [2.45, 2.75) is 37.6 Å². The van der Waals surface area contributed by atoms with Gasteiger partial charge >= 0.3 is 0 Å². The average molecular weight is 746 g/mol. The third-order valence-corrected chi connectivity index (χ3v) is 12.9. The summed E-state index contributed by atoms with van der Waals surface area (Å²) in [5.41, 5.74) is 15.2. The molecule has 11 rings (SSSR count). The molecule has 0 spiro atoms. The van der Waals surface area contributed by atoms with E-state index in [2.05, 4.69) is 220 Å². The second-order valence-electron chi connectivity index (χ2n) is 16.7. The number of fused-ring (bicyclic) bond motifs is 7. The first-order valence-corrected chi connectivity index (χ1v) is 20.4. The number of hydrogen-bond acceptors (Lipinski definition) is 2. The number of rotatable bonds is 6. The first-order valence-electron chi connectivity index (χ1n) is 20.4. The zero-order valence-electron chi connectivity index (χ0n) is 33.0. The van der Waals surface area contributed by atoms with Gasteiger partial charge in [-0.05, 0) is 110 Å². The van der Waals surface area contributed by atoms with Crippen LogP contribution < -0.4 is 4.90 Å². The fraction of sp³-hybridized carbons (Fsp3) is 0.107. The van der Waals surface area contributed by atoms with E-state index >= 15 is 0 Å². The van der Waals surface area contributed by atoms with Gasteiger partial charge in [0.15, 0.2) is 0 Å². The van der Waals surface area contributed by atoms with Crippen molar-refractivity contribution in [3.8, 4) is 33.4 Å². The van der Waals surface area contributed by atoms with E-state index in [1.807, 2.05) is 6.07 Å². The van der Waals surface area contributed by atoms with Crippen molar-refractivity contribution in [3.63, 3.8) is 0 Å². The van der Waals surface area contributed by atoms with Gasteiger partial charge in [0.05, 0.1) is 5.54 Å². The molecule has 0 bridgehead atoms. The van der Waals surface area contributed by atoms with Crippen LogP contribution >= 0.6 is 0 Å². The van der Waals surface area contributed by atoms with E-state index in [1.165, 1.54) is 60.8 Å². The Labute approximate surface area is 340 Å². The largest absolute Gasteiger partial charge is 0.456 e. The normalized spacial score (nSPS) is 17.8. The molecule has 8 aromatic carbocycles. The van der Waals surface area contributed by atoms with Crippen molar-refractivity contribution in [2.24, 2.45) is 0 Å². The Morgan fingerprint density at radius 1 is 0.483 bits per heavy atom. The number of furan rings is 1. The van der Waals surface area contributed by atoms with Crippen molar-refractivity contribution in [1.82, 2.24) is 0 Å². The Morgan fingerprint density at radius 3 is 2.07 bits per heavy atom. The fourth-order valence-electron chi connectivity index (χ4n) is 10.2. The van der Waals surface area contributed by atoms with Crippen LogP contribution in [0.1, 0.15) is 43.4 Å². The number of nitrogens with zero attached hydrogens (tertiary/aromatic N) is 1. The molecule has 2 nitrogen and oxygen atoms in total. The van der Waals surface area contributed by atoms with Gasteiger partial charge in [0.25, 0.3) is 0 Å². The zero-order valence-corrected chi connectivity index (χ0v) is 33.0. The second kappa shape index (κ2) is 13.1. The SMILES string of the molecule is CC1(C)c2ccccc2-c2cccc(-c3ccc(N(c4cccc(-c5cccc6ccccc56)c4)C4(C)C=CC=CC4c4ccc5oc6ccccc6c5c4)cc3)c21. The summed E-state index contributed by atoms with van der Waals surface area (Å²) in [5.74, 6) is 0.0353. The van der Waals surface area contributed by atoms with E-state index < -0.39 is 5.54 Å². The molecule has 1 heterocycles. The van der Waals surface area contributed by atoms with Crippen molar-refractivity contribution < 1.29 is 4.42 Å². The smallest absolute Gasteiger partial charge is 0.135 e. The minimum atomic E-state index is -0.474. The lowest BCUT2D eigenvalue weighted by Crippen LogP contribution is -2.47. The number of anilines is 2. The minimum Gasteiger partial charge on any atom is -0.456 e. The van der Waals surface area contributed by atoms with Gasteiger partial charge in [0, 0.05) is 33.5 Å². The summed E-state index contributed by atoms with van der Waals surface area (Å²) in [6.07, 6.45) is 9.17. The Hall–Kier alpha value is -6.90. The van der Waals surface area contributed by atoms with Gasteiger partial charge in [-0.2, -0.15) is 0 Å². The first-order chi connectivity index (χ1) is 28.4. The maximum Gasteiger partial charge on any atom is 0.135 e. The molecule has 1 aromatic heterocycles. The molecule has 9 aromatic rings. The minimum absolute atomic E-state index is 0.0353. The number of allylic oxidation sites excluding steroid dienone is 2. The molecule has 0 aliphatic heterocycles. The van der Waals surface area contributed by atoms with E-state index in [1.54, 1.807) is 0 Å². The monoisotopic (exact) mass is 745 g/mol. The lowest BCUT2D eigenvalue weighted by atomic mass is 9.75. The molecule has 0 N–H and O–H groups in total. The highest BCUT2D eigenvalue weighted by Gasteiger charge is 2.41. The molecule has 2 aliphatic carbocycles. The molecule has 0 radical (unpaired) electrons. The third kappa shape index (κ3) is 5.25. The lowest BCUT2D eigenvalue weighted by molar-refractivity contribution is 0.506. The van der Waals surface area contributed by atoms with E-state index in [9.17, 15) is 0 Å². The van der Waals surface area contributed by atoms with Crippen molar-refractivity contribution in [3.05, 3.63) is 217 Å². The van der Waals surface area contributed by atoms with E-state index in [4.69, 9.17) is 4.42 Å². The topological polar surface area (TPSA) is 16.4 Å². The molecule has 2 unspecified atom stereocenters. The van der Waals surface area contributed by atoms with Crippen LogP contribution in [-0.2, 0) is 5.41 Å². The van der Waals surface area contributed by atoms with Crippen LogP contribution in [0, 0.1) is 0 Å². The molecule has 278 valence electrons. The van der Waals surface area contributed by atoms with Crippen LogP contribution in [-0.4, -0.2) is 5.54 Å². The maximum absolute atomic E-state index is 6.28. The van der Waals surface area contributed by atoms with E-state index in [0.717, 1.165) is 33.3 Å². The Balaban J connectivity index is 1.07. The zero-order chi connectivity index (χ0) is 39.0. The van der Waals surface area contributed by atoms with Crippen molar-refractivity contribution >= 4 is 44.1 Å². The van der Waals surface area contributed by atoms with Crippen molar-refractivity contribution in [1.29, 1.82) is 0 Å². The summed E-state index contributed by atoms with van der Waals surface area (Å²) in [6, 6.07) is 64.5. The standard InChI is InChI=1S/C56H43NO/c1-55(2)51-26-8-6-20-46(51)48-24-14-23-45(54(48)55)38-28-31-41(32-29-38)57(42-18-12-17-39(35-42)44-22-13-16-37-15-4-5-19-43(37)44)56(3)34-11-10-25-50(56)40-30-33-53-49(36-40)47-21-7-9-27-52(47)58-53/h4-36,50H,1-3H3. The lowest BCUT2D eigenvalue weighted by Gasteiger charge is -2.47. The van der Waals surface area contributed by atoms with Crippen LogP contribution in [0.3, 0.4) is 0 Å². The Bertz CT molecular complexity index is 3120. The summed E-state index contributed by atoms with van der Waals surface area (Å²) >= 11 is 0. The molecular weight excluding hydrogens is 703 g/mol. The predicted molar refractivity (Wildman–Crippen MR) is 244 cm³/mol. The maximum atomic E-state index is 6.28. The van der Waals surface area contributed by atoms with E-state index in [0.29, 0.717) is 0 Å². The molecule has 2 heteroatoms. The van der Waals surface area contributed by atoms with Crippen LogP contribution in [0.2, 0.25) is 0 Å². The molecule has 0 amide bonds. The van der Waals surface area contributed by atoms with Crippen LogP contribution in [0.4, 0.5) is 11.4 Å². The van der Waals surface area contributed by atoms with Crippen LogP contribution in [0.5, 0.6) is 0 Å². The van der Waals surface area contributed by atoms with Gasteiger partial charge in [0.1, 0.15) is 11.2 Å². The van der Waals surface area contributed by atoms with Gasteiger partial charge in [0.2, 0.25) is 0 Å². The van der Waals surface area contributed by atoms with Crippen LogP contribution in [0.15, 0.2) is 205 Å². The highest BCUT2D eigenvalue weighted by Crippen LogP contribution is 2.53. The average Bonchev–Trinajstić information content (AvgIpc) is 3.75. The second-order valence-corrected chi connectivity index (χ2v) is 16.7. The summed E-state index contributed by atoms with van der Waals surface area (Å²) in [4.78, 5) is 2.56. The van der Waals surface area contributed by atoms with Gasteiger partial charge < -0.3 is 9.32 Å². The highest BCUT2D eigenvalue weighted by atomic mass is 16.3. The van der Waals surface area contributed by atoms with E-state index in [-0.39, 0.29) is 11.3 Å².